The van der Waals surface area contributed by atoms with E-state index in [4.69, 9.17) is 9.63 Å². The maximum Gasteiger partial charge on any atom is 0.211 e. The molecule has 1 fully saturated rings. The van der Waals surface area contributed by atoms with E-state index < -0.39 is 7.37 Å². The molecule has 1 heterocycles. The maximum absolute atomic E-state index is 12.3. The molecule has 1 amide bonds. The number of hydrogen-bond donors (Lipinski definition) is 3. The average Bonchev–Trinajstić information content (AvgIpc) is 3.25. The quantitative estimate of drug-likeness (QED) is 0.162. The first kappa shape index (κ1) is 44.6. The summed E-state index contributed by atoms with van der Waals surface area (Å²) in [4.78, 5) is 12.4. The number of methoxy groups -OCH3 is 1. The number of aliphatic hydroxyl groups is 2. The zero-order chi connectivity index (χ0) is 34.0. The van der Waals surface area contributed by atoms with Gasteiger partial charge in [0.2, 0.25) is 13.8 Å². The van der Waals surface area contributed by atoms with Gasteiger partial charge in [0.1, 0.15) is 0 Å². The molecule has 1 aromatic rings. The van der Waals surface area contributed by atoms with E-state index in [0.717, 1.165) is 40.0 Å². The van der Waals surface area contributed by atoms with E-state index >= 15 is 0 Å². The minimum absolute atomic E-state index is 0.0413. The van der Waals surface area contributed by atoms with Crippen molar-refractivity contribution in [3.63, 3.8) is 0 Å². The summed E-state index contributed by atoms with van der Waals surface area (Å²) in [7, 11) is 0.628. The first-order valence-electron chi connectivity index (χ1n) is 16.2. The van der Waals surface area contributed by atoms with Crippen LogP contribution in [0.25, 0.3) is 0 Å². The van der Waals surface area contributed by atoms with E-state index in [1.165, 1.54) is 43.4 Å². The molecule has 256 valence electrons. The Morgan fingerprint density at radius 3 is 2.11 bits per heavy atom. The number of amides is 1. The lowest BCUT2D eigenvalue weighted by Gasteiger charge is -2.22. The topological polar surface area (TPSA) is 105 Å². The van der Waals surface area contributed by atoms with Crippen molar-refractivity contribution >= 4 is 30.8 Å². The molecule has 44 heavy (non-hydrogen) atoms. The Morgan fingerprint density at radius 1 is 1.11 bits per heavy atom. The average molecular weight is 658 g/mol. The Labute approximate surface area is 273 Å². The van der Waals surface area contributed by atoms with E-state index in [1.807, 2.05) is 64.1 Å². The number of aliphatic hydroxyl groups excluding tert-OH is 2. The van der Waals surface area contributed by atoms with Gasteiger partial charge in [-0.3, -0.25) is 9.36 Å². The minimum atomic E-state index is -2.62. The third-order valence-electron chi connectivity index (χ3n) is 6.81. The molecule has 3 rings (SSSR count). The fraction of sp³-hybridized carbons (Fsp3) is 0.686. The molecule has 0 aliphatic heterocycles. The van der Waals surface area contributed by atoms with Crippen molar-refractivity contribution in [1.82, 2.24) is 0 Å². The Balaban J connectivity index is 0. The molecule has 3 N–H and O–H groups in total. The lowest BCUT2D eigenvalue weighted by Crippen LogP contribution is -2.08. The second kappa shape index (κ2) is 27.7. The second-order valence-electron chi connectivity index (χ2n) is 11.3. The summed E-state index contributed by atoms with van der Waals surface area (Å²) < 4.78 is 21.9. The lowest BCUT2D eigenvalue weighted by atomic mass is 9.84. The predicted octanol–water partition coefficient (Wildman–Crippen LogP) is 9.57. The fourth-order valence-electron chi connectivity index (χ4n) is 4.43. The molecule has 1 saturated carbocycles. The van der Waals surface area contributed by atoms with E-state index in [0.29, 0.717) is 24.9 Å². The monoisotopic (exact) mass is 657 g/mol. The van der Waals surface area contributed by atoms with Crippen molar-refractivity contribution in [2.24, 2.45) is 11.8 Å². The molecule has 3 unspecified atom stereocenters. The van der Waals surface area contributed by atoms with Gasteiger partial charge in [-0.05, 0) is 43.7 Å². The van der Waals surface area contributed by atoms with Crippen LogP contribution in [0.5, 0.6) is 0 Å². The van der Waals surface area contributed by atoms with E-state index in [9.17, 15) is 14.5 Å². The van der Waals surface area contributed by atoms with Gasteiger partial charge < -0.3 is 24.8 Å². The van der Waals surface area contributed by atoms with Crippen molar-refractivity contribution in [3.8, 4) is 0 Å². The SMILES string of the molecule is CC.CC1CCC(C)CC1.CCCCC(C)O.CCOP(C)(=O)CC1=CC=CC(c2cc(NC=O)c(CO)s2)C=C1.COC. The summed E-state index contributed by atoms with van der Waals surface area (Å²) in [5, 5.41) is 20.7. The molecule has 2 aliphatic carbocycles. The number of thiophene rings is 1. The van der Waals surface area contributed by atoms with Gasteiger partial charge >= 0.3 is 0 Å². The summed E-state index contributed by atoms with van der Waals surface area (Å²) >= 11 is 1.46. The Bertz CT molecular complexity index is 970. The third kappa shape index (κ3) is 22.0. The summed E-state index contributed by atoms with van der Waals surface area (Å²) in [5.41, 5.74) is 1.60. The minimum Gasteiger partial charge on any atom is -0.393 e. The number of unbranched alkanes of at least 4 members (excludes halogenated alkanes) is 1. The van der Waals surface area contributed by atoms with Crippen molar-refractivity contribution in [2.45, 2.75) is 112 Å². The van der Waals surface area contributed by atoms with Gasteiger partial charge in [0.25, 0.3) is 0 Å². The van der Waals surface area contributed by atoms with Crippen LogP contribution in [0.3, 0.4) is 0 Å². The number of rotatable bonds is 11. The van der Waals surface area contributed by atoms with Crippen molar-refractivity contribution < 1.29 is 28.8 Å². The second-order valence-corrected chi connectivity index (χ2v) is 15.0. The molecule has 0 spiro atoms. The van der Waals surface area contributed by atoms with Gasteiger partial charge in [-0.25, -0.2) is 0 Å². The van der Waals surface area contributed by atoms with Gasteiger partial charge in [-0.1, -0.05) is 104 Å². The van der Waals surface area contributed by atoms with Crippen LogP contribution in [0, 0.1) is 11.8 Å². The van der Waals surface area contributed by atoms with E-state index in [2.05, 4.69) is 30.8 Å². The number of carbonyl (C=O) groups excluding carboxylic acids is 1. The van der Waals surface area contributed by atoms with Gasteiger partial charge in [-0.2, -0.15) is 0 Å². The van der Waals surface area contributed by atoms with Crippen LogP contribution < -0.4 is 5.32 Å². The highest BCUT2D eigenvalue weighted by atomic mass is 32.1. The molecule has 0 bridgehead atoms. The number of carbonyl (C=O) groups is 1. The smallest absolute Gasteiger partial charge is 0.211 e. The van der Waals surface area contributed by atoms with Crippen LogP contribution in [0.1, 0.15) is 109 Å². The van der Waals surface area contributed by atoms with Crippen molar-refractivity contribution in [1.29, 1.82) is 0 Å². The Morgan fingerprint density at radius 2 is 1.68 bits per heavy atom. The normalized spacial score (nSPS) is 20.6. The molecule has 1 aromatic heterocycles. The standard InChI is InChI=1S/C17H22NO4PS.C8H16.C6H14O.C2H6O.C2H6/c1-3-22-23(2,21)11-13-5-4-6-14(8-7-13)16-9-15(18-12-20)17(10-19)24-16;1-7-3-5-8(2)6-4-7;1-3-4-5-6(2)7;1-3-2;1-2/h4-9,12,14,19H,3,10-11H2,1-2H3,(H,18,20);7-8H,3-6H2,1-2H3;6-7H,3-5H2,1-2H3;1-2H3;1-2H3. The summed E-state index contributed by atoms with van der Waals surface area (Å²) in [6.07, 6.45) is 20.0. The highest BCUT2D eigenvalue weighted by Gasteiger charge is 2.18. The van der Waals surface area contributed by atoms with Gasteiger partial charge in [-0.15, -0.1) is 11.3 Å². The Kier molecular flexibility index (Phi) is 28.1. The number of hydrogen-bond acceptors (Lipinski definition) is 7. The summed E-state index contributed by atoms with van der Waals surface area (Å²) in [6, 6.07) is 1.87. The molecule has 3 atom stereocenters. The first-order chi connectivity index (χ1) is 21.0. The van der Waals surface area contributed by atoms with E-state index in [1.54, 1.807) is 20.9 Å². The molecule has 0 aromatic carbocycles. The summed E-state index contributed by atoms with van der Waals surface area (Å²) in [6.45, 7) is 16.5. The van der Waals surface area contributed by atoms with Crippen LogP contribution in [0.2, 0.25) is 0 Å². The van der Waals surface area contributed by atoms with Crippen LogP contribution >= 0.6 is 18.7 Å². The highest BCUT2D eigenvalue weighted by molar-refractivity contribution is 7.58. The zero-order valence-corrected chi connectivity index (χ0v) is 31.0. The van der Waals surface area contributed by atoms with Crippen LogP contribution in [-0.2, 0) is 25.2 Å². The van der Waals surface area contributed by atoms with Crippen LogP contribution in [0.15, 0.2) is 42.0 Å². The lowest BCUT2D eigenvalue weighted by molar-refractivity contribution is -0.105. The zero-order valence-electron chi connectivity index (χ0n) is 29.3. The van der Waals surface area contributed by atoms with Crippen LogP contribution in [0.4, 0.5) is 5.69 Å². The van der Waals surface area contributed by atoms with Crippen molar-refractivity contribution in [3.05, 3.63) is 51.8 Å². The number of ether oxygens (including phenoxy) is 1. The Hall–Kier alpha value is -1.54. The molecular formula is C35H64NO6PS. The fourth-order valence-corrected chi connectivity index (χ4v) is 6.99. The van der Waals surface area contributed by atoms with Crippen LogP contribution in [-0.4, -0.2) is 56.4 Å². The number of anilines is 1. The molecule has 0 saturated heterocycles. The summed E-state index contributed by atoms with van der Waals surface area (Å²) in [5.74, 6) is 2.08. The molecule has 7 nitrogen and oxygen atoms in total. The van der Waals surface area contributed by atoms with Gasteiger partial charge in [0, 0.05) is 37.8 Å². The van der Waals surface area contributed by atoms with E-state index in [-0.39, 0.29) is 18.6 Å². The molecule has 2 aliphatic rings. The predicted molar refractivity (Wildman–Crippen MR) is 191 cm³/mol. The molecule has 9 heteroatoms. The van der Waals surface area contributed by atoms with Crippen molar-refractivity contribution in [2.75, 3.05) is 39.0 Å². The third-order valence-corrected chi connectivity index (χ3v) is 9.78. The maximum atomic E-state index is 12.3. The largest absolute Gasteiger partial charge is 0.393 e. The first-order valence-corrected chi connectivity index (χ1v) is 19.3. The van der Waals surface area contributed by atoms with Gasteiger partial charge in [0.15, 0.2) is 0 Å². The highest BCUT2D eigenvalue weighted by Crippen LogP contribution is 2.45. The number of nitrogens with one attached hydrogen (secondary N) is 1. The number of allylic oxidation sites excluding steroid dienone is 6. The molecule has 0 radical (unpaired) electrons. The van der Waals surface area contributed by atoms with Gasteiger partial charge in [0.05, 0.1) is 29.9 Å². The molecular weight excluding hydrogens is 593 g/mol.